The second kappa shape index (κ2) is 6.91. The van der Waals surface area contributed by atoms with Crippen LogP contribution in [0.1, 0.15) is 49.7 Å². The van der Waals surface area contributed by atoms with Crippen molar-refractivity contribution in [3.8, 4) is 11.5 Å². The Morgan fingerprint density at radius 2 is 1.88 bits per heavy atom. The fourth-order valence-electron chi connectivity index (χ4n) is 2.55. The second-order valence-corrected chi connectivity index (χ2v) is 6.12. The number of rotatable bonds is 5. The highest BCUT2D eigenvalue weighted by atomic mass is 16.6. The van der Waals surface area contributed by atoms with Gasteiger partial charge in [-0.05, 0) is 45.4 Å². The molecule has 1 aliphatic heterocycles. The van der Waals surface area contributed by atoms with E-state index in [1.807, 2.05) is 13.8 Å². The van der Waals surface area contributed by atoms with Gasteiger partial charge in [0.25, 0.3) is 0 Å². The fraction of sp³-hybridized carbons (Fsp3) is 0.368. The van der Waals surface area contributed by atoms with Gasteiger partial charge in [-0.2, -0.15) is 0 Å². The van der Waals surface area contributed by atoms with E-state index < -0.39 is 18.2 Å². The van der Waals surface area contributed by atoms with Crippen LogP contribution < -0.4 is 9.47 Å². The Kier molecular flexibility index (Phi) is 5.12. The van der Waals surface area contributed by atoms with Crippen LogP contribution in [0.15, 0.2) is 35.9 Å². The van der Waals surface area contributed by atoms with Crippen LogP contribution in [0, 0.1) is 0 Å². The van der Waals surface area contributed by atoms with Crippen LogP contribution in [0.4, 0.5) is 0 Å². The average molecular weight is 330 g/mol. The van der Waals surface area contributed by atoms with Crippen molar-refractivity contribution in [1.82, 2.24) is 0 Å². The van der Waals surface area contributed by atoms with Crippen LogP contribution in [0.5, 0.6) is 11.5 Å². The summed E-state index contributed by atoms with van der Waals surface area (Å²) in [6.07, 6.45) is 0.221. The minimum absolute atomic E-state index is 0.107. The largest absolute Gasteiger partial charge is 0.493 e. The lowest BCUT2D eigenvalue weighted by atomic mass is 9.99. The molecule has 0 saturated carbocycles. The van der Waals surface area contributed by atoms with E-state index in [1.165, 1.54) is 20.1 Å². The molecule has 5 heteroatoms. The number of methoxy groups -OCH3 is 1. The first-order valence-corrected chi connectivity index (χ1v) is 7.65. The first-order chi connectivity index (χ1) is 11.2. The molecule has 5 nitrogen and oxygen atoms in total. The van der Waals surface area contributed by atoms with Gasteiger partial charge in [0.2, 0.25) is 0 Å². The van der Waals surface area contributed by atoms with Gasteiger partial charge < -0.3 is 14.2 Å². The monoisotopic (exact) mass is 330 g/mol. The third kappa shape index (κ3) is 3.50. The number of hydrogen-bond acceptors (Lipinski definition) is 5. The molecule has 0 spiro atoms. The smallest absolute Gasteiger partial charge is 0.331 e. The summed E-state index contributed by atoms with van der Waals surface area (Å²) in [5.74, 6) is 0.342. The molecule has 1 heterocycles. The van der Waals surface area contributed by atoms with Crippen LogP contribution in [0.2, 0.25) is 0 Å². The maximum Gasteiger partial charge on any atom is 0.331 e. The number of hydrogen-bond donors (Lipinski definition) is 0. The lowest BCUT2D eigenvalue weighted by molar-refractivity contribution is -0.145. The molecule has 0 radical (unpaired) electrons. The molecule has 0 N–H and O–H groups in total. The molecule has 2 unspecified atom stereocenters. The van der Waals surface area contributed by atoms with Gasteiger partial charge in [-0.15, -0.1) is 0 Å². The van der Waals surface area contributed by atoms with Gasteiger partial charge in [0.1, 0.15) is 0 Å². The zero-order valence-corrected chi connectivity index (χ0v) is 14.6. The van der Waals surface area contributed by atoms with Crippen molar-refractivity contribution in [3.63, 3.8) is 0 Å². The molecule has 1 aromatic carbocycles. The molecule has 0 saturated heterocycles. The van der Waals surface area contributed by atoms with Gasteiger partial charge in [0, 0.05) is 17.2 Å². The predicted octanol–water partition coefficient (Wildman–Crippen LogP) is 3.79. The fourth-order valence-corrected chi connectivity index (χ4v) is 2.55. The van der Waals surface area contributed by atoms with Crippen LogP contribution >= 0.6 is 0 Å². The van der Waals surface area contributed by atoms with E-state index in [4.69, 9.17) is 14.2 Å². The molecular formula is C19H22O5. The highest BCUT2D eigenvalue weighted by Crippen LogP contribution is 2.47. The summed E-state index contributed by atoms with van der Waals surface area (Å²) in [4.78, 5) is 23.9. The summed E-state index contributed by atoms with van der Waals surface area (Å²) in [5, 5.41) is 0. The molecule has 1 aromatic rings. The molecule has 2 rings (SSSR count). The Morgan fingerprint density at radius 1 is 1.21 bits per heavy atom. The number of ketones is 1. The summed E-state index contributed by atoms with van der Waals surface area (Å²) in [6.45, 7) is 10.8. The lowest BCUT2D eigenvalue weighted by Gasteiger charge is -2.19. The topological polar surface area (TPSA) is 61.8 Å². The Labute approximate surface area is 141 Å². The van der Waals surface area contributed by atoms with E-state index >= 15 is 0 Å². The molecule has 2 atom stereocenters. The van der Waals surface area contributed by atoms with Crippen LogP contribution in [-0.2, 0) is 9.53 Å². The molecule has 24 heavy (non-hydrogen) atoms. The van der Waals surface area contributed by atoms with Crippen molar-refractivity contribution in [2.75, 3.05) is 7.11 Å². The number of ether oxygens (including phenoxy) is 3. The summed E-state index contributed by atoms with van der Waals surface area (Å²) < 4.78 is 16.8. The molecule has 0 aliphatic carbocycles. The molecule has 128 valence electrons. The number of carbonyl (C=O) groups excluding carboxylic acids is 2. The predicted molar refractivity (Wildman–Crippen MR) is 90.5 cm³/mol. The van der Waals surface area contributed by atoms with Gasteiger partial charge in [-0.1, -0.05) is 12.2 Å². The van der Waals surface area contributed by atoms with Gasteiger partial charge in [-0.25, -0.2) is 4.79 Å². The van der Waals surface area contributed by atoms with Crippen molar-refractivity contribution < 1.29 is 23.8 Å². The molecular weight excluding hydrogens is 308 g/mol. The number of carbonyl (C=O) groups is 2. The Morgan fingerprint density at radius 3 is 2.38 bits per heavy atom. The second-order valence-electron chi connectivity index (χ2n) is 6.12. The van der Waals surface area contributed by atoms with Crippen molar-refractivity contribution in [2.45, 2.75) is 39.9 Å². The van der Waals surface area contributed by atoms with Crippen molar-refractivity contribution >= 4 is 11.8 Å². The lowest BCUT2D eigenvalue weighted by Crippen LogP contribution is -2.24. The zero-order chi connectivity index (χ0) is 18.0. The maximum atomic E-state index is 12.1. The van der Waals surface area contributed by atoms with Crippen LogP contribution in [0.25, 0.3) is 0 Å². The standard InChI is InChI=1S/C19H22O5/c1-10(2)7-16(21)23-19-14-8-13(12(5)20)9-15(22-6)18(14)24-17(19)11(3)4/h7-9,17,19H,3H2,1-2,4-6H3. The van der Waals surface area contributed by atoms with E-state index in [2.05, 4.69) is 6.58 Å². The Balaban J connectivity index is 2.51. The highest BCUT2D eigenvalue weighted by Gasteiger charge is 2.40. The molecule has 0 bridgehead atoms. The van der Waals surface area contributed by atoms with E-state index in [-0.39, 0.29) is 5.78 Å². The third-order valence-electron chi connectivity index (χ3n) is 3.67. The number of allylic oxidation sites excluding steroid dienone is 1. The summed E-state index contributed by atoms with van der Waals surface area (Å²) in [7, 11) is 1.50. The normalized spacial score (nSPS) is 18.2. The molecule has 0 aromatic heterocycles. The van der Waals surface area contributed by atoms with Crippen molar-refractivity contribution in [1.29, 1.82) is 0 Å². The van der Waals surface area contributed by atoms with Crippen molar-refractivity contribution in [3.05, 3.63) is 47.1 Å². The number of benzene rings is 1. The minimum atomic E-state index is -0.672. The summed E-state index contributed by atoms with van der Waals surface area (Å²) in [5.41, 5.74) is 2.64. The Hall–Kier alpha value is -2.56. The van der Waals surface area contributed by atoms with E-state index in [0.29, 0.717) is 28.2 Å². The quantitative estimate of drug-likeness (QED) is 0.356. The third-order valence-corrected chi connectivity index (χ3v) is 3.67. The number of Topliss-reactive ketones (excluding diaryl/α,β-unsaturated/α-hetero) is 1. The van der Waals surface area contributed by atoms with Gasteiger partial charge in [0.15, 0.2) is 29.5 Å². The zero-order valence-electron chi connectivity index (χ0n) is 14.6. The first-order valence-electron chi connectivity index (χ1n) is 7.65. The highest BCUT2D eigenvalue weighted by molar-refractivity contribution is 5.95. The van der Waals surface area contributed by atoms with Gasteiger partial charge in [-0.3, -0.25) is 4.79 Å². The van der Waals surface area contributed by atoms with E-state index in [0.717, 1.165) is 5.57 Å². The maximum absolute atomic E-state index is 12.1. The minimum Gasteiger partial charge on any atom is -0.493 e. The summed E-state index contributed by atoms with van der Waals surface area (Å²) >= 11 is 0. The first kappa shape index (κ1) is 17.8. The summed E-state index contributed by atoms with van der Waals surface area (Å²) in [6, 6.07) is 3.31. The van der Waals surface area contributed by atoms with Crippen molar-refractivity contribution in [2.24, 2.45) is 0 Å². The number of esters is 1. The van der Waals surface area contributed by atoms with Crippen LogP contribution in [-0.4, -0.2) is 25.0 Å². The Bertz CT molecular complexity index is 726. The van der Waals surface area contributed by atoms with Gasteiger partial charge in [0.05, 0.1) is 7.11 Å². The van der Waals surface area contributed by atoms with E-state index in [9.17, 15) is 9.59 Å². The number of fused-ring (bicyclic) bond motifs is 1. The molecule has 1 aliphatic rings. The molecule has 0 fully saturated rings. The van der Waals surface area contributed by atoms with E-state index in [1.54, 1.807) is 19.1 Å². The molecule has 0 amide bonds. The van der Waals surface area contributed by atoms with Gasteiger partial charge >= 0.3 is 5.97 Å². The average Bonchev–Trinajstić information content (AvgIpc) is 2.84. The SMILES string of the molecule is C=C(C)C1Oc2c(OC)cc(C(C)=O)cc2C1OC(=O)C=C(C)C. The van der Waals surface area contributed by atoms with Crippen LogP contribution in [0.3, 0.4) is 0 Å².